The highest BCUT2D eigenvalue weighted by Crippen LogP contribution is 2.28. The lowest BCUT2D eigenvalue weighted by Gasteiger charge is -2.22. The molecule has 1 amide bonds. The van der Waals surface area contributed by atoms with Gasteiger partial charge in [-0.25, -0.2) is 4.39 Å². The number of carbonyl (C=O) groups is 1. The summed E-state index contributed by atoms with van der Waals surface area (Å²) in [7, 11) is 0. The Morgan fingerprint density at radius 1 is 1.53 bits per heavy atom. The fourth-order valence-electron chi connectivity index (χ4n) is 1.98. The summed E-state index contributed by atoms with van der Waals surface area (Å²) in [6.07, 6.45) is 7.17. The second kappa shape index (κ2) is 6.35. The third kappa shape index (κ3) is 4.08. The van der Waals surface area contributed by atoms with E-state index >= 15 is 0 Å². The van der Waals surface area contributed by atoms with Crippen molar-refractivity contribution in [3.05, 3.63) is 35.6 Å². The molecule has 100 valence electrons. The Labute approximate surface area is 112 Å². The summed E-state index contributed by atoms with van der Waals surface area (Å²) in [4.78, 5) is 13.9. The highest BCUT2D eigenvalue weighted by Gasteiger charge is 2.32. The van der Waals surface area contributed by atoms with Gasteiger partial charge in [-0.2, -0.15) is 0 Å². The predicted octanol–water partition coefficient (Wildman–Crippen LogP) is 1.54. The van der Waals surface area contributed by atoms with E-state index in [4.69, 9.17) is 6.42 Å². The van der Waals surface area contributed by atoms with Crippen LogP contribution in [0.4, 0.5) is 4.39 Å². The molecule has 1 aromatic rings. The van der Waals surface area contributed by atoms with Crippen LogP contribution in [0.25, 0.3) is 0 Å². The van der Waals surface area contributed by atoms with Gasteiger partial charge >= 0.3 is 0 Å². The van der Waals surface area contributed by atoms with Crippen molar-refractivity contribution in [1.82, 2.24) is 10.2 Å². The summed E-state index contributed by atoms with van der Waals surface area (Å²) in [5, 5.41) is 2.89. The summed E-state index contributed by atoms with van der Waals surface area (Å²) in [6.45, 7) is 1.07. The second-order valence-electron chi connectivity index (χ2n) is 4.69. The molecular weight excluding hydrogens is 243 g/mol. The summed E-state index contributed by atoms with van der Waals surface area (Å²) in [5.41, 5.74) is 0.817. The molecule has 0 spiro atoms. The minimum Gasteiger partial charge on any atom is -0.334 e. The van der Waals surface area contributed by atoms with Gasteiger partial charge in [-0.3, -0.25) is 10.1 Å². The van der Waals surface area contributed by atoms with E-state index in [1.807, 2.05) is 6.07 Å². The van der Waals surface area contributed by atoms with Gasteiger partial charge in [0.2, 0.25) is 5.91 Å². The van der Waals surface area contributed by atoms with E-state index < -0.39 is 0 Å². The van der Waals surface area contributed by atoms with E-state index in [9.17, 15) is 9.18 Å². The molecule has 1 aromatic carbocycles. The van der Waals surface area contributed by atoms with Crippen LogP contribution in [0.1, 0.15) is 18.4 Å². The van der Waals surface area contributed by atoms with Crippen LogP contribution in [-0.4, -0.2) is 29.9 Å². The van der Waals surface area contributed by atoms with Gasteiger partial charge in [0.15, 0.2) is 0 Å². The molecule has 0 radical (unpaired) electrons. The first-order valence-electron chi connectivity index (χ1n) is 6.39. The Hall–Kier alpha value is -1.86. The van der Waals surface area contributed by atoms with Crippen LogP contribution >= 0.6 is 0 Å². The molecular formula is C15H17FN2O. The molecule has 0 aromatic heterocycles. The van der Waals surface area contributed by atoms with Gasteiger partial charge in [-0.1, -0.05) is 18.1 Å². The number of amides is 1. The molecule has 2 rings (SSSR count). The number of benzene rings is 1. The van der Waals surface area contributed by atoms with Crippen LogP contribution in [0.5, 0.6) is 0 Å². The lowest BCUT2D eigenvalue weighted by Crippen LogP contribution is -2.39. The Balaban J connectivity index is 1.96. The molecule has 1 N–H and O–H groups in total. The monoisotopic (exact) mass is 260 g/mol. The van der Waals surface area contributed by atoms with Crippen molar-refractivity contribution in [3.63, 3.8) is 0 Å². The van der Waals surface area contributed by atoms with E-state index in [0.717, 1.165) is 18.4 Å². The van der Waals surface area contributed by atoms with Crippen LogP contribution in [-0.2, 0) is 11.3 Å². The van der Waals surface area contributed by atoms with Crippen LogP contribution < -0.4 is 5.32 Å². The molecule has 0 unspecified atom stereocenters. The number of terminal acetylenes is 1. The summed E-state index contributed by atoms with van der Waals surface area (Å²) in [5.74, 6) is 2.18. The maximum absolute atomic E-state index is 13.1. The number of hydrogen-bond acceptors (Lipinski definition) is 2. The van der Waals surface area contributed by atoms with E-state index in [1.54, 1.807) is 11.0 Å². The summed E-state index contributed by atoms with van der Waals surface area (Å²) in [6, 6.07) is 6.67. The summed E-state index contributed by atoms with van der Waals surface area (Å²) < 4.78 is 13.1. The quantitative estimate of drug-likeness (QED) is 0.621. The van der Waals surface area contributed by atoms with Crippen molar-refractivity contribution in [2.24, 2.45) is 0 Å². The fraction of sp³-hybridized carbons (Fsp3) is 0.400. The molecule has 0 heterocycles. The highest BCUT2D eigenvalue weighted by atomic mass is 19.1. The largest absolute Gasteiger partial charge is 0.334 e. The van der Waals surface area contributed by atoms with E-state index in [2.05, 4.69) is 11.2 Å². The lowest BCUT2D eigenvalue weighted by atomic mass is 10.2. The van der Waals surface area contributed by atoms with Gasteiger partial charge in [0, 0.05) is 12.6 Å². The standard InChI is InChI=1S/C15H17FN2O/c1-2-8-17-10-15(19)18(14-6-7-14)11-12-4-3-5-13(16)9-12/h1,3-5,9,14,17H,6-8,10-11H2. The highest BCUT2D eigenvalue weighted by molar-refractivity contribution is 5.79. The maximum Gasteiger partial charge on any atom is 0.237 e. The third-order valence-corrected chi connectivity index (χ3v) is 3.05. The Morgan fingerprint density at radius 3 is 2.95 bits per heavy atom. The van der Waals surface area contributed by atoms with E-state index in [1.165, 1.54) is 12.1 Å². The molecule has 4 heteroatoms. The first-order chi connectivity index (χ1) is 9.20. The predicted molar refractivity (Wildman–Crippen MR) is 71.7 cm³/mol. The van der Waals surface area contributed by atoms with E-state index in [-0.39, 0.29) is 18.3 Å². The number of rotatable bonds is 6. The molecule has 0 atom stereocenters. The van der Waals surface area contributed by atoms with Gasteiger partial charge in [-0.15, -0.1) is 6.42 Å². The zero-order valence-electron chi connectivity index (χ0n) is 10.7. The Bertz CT molecular complexity index is 491. The number of halogens is 1. The smallest absolute Gasteiger partial charge is 0.237 e. The second-order valence-corrected chi connectivity index (χ2v) is 4.69. The topological polar surface area (TPSA) is 32.3 Å². The average Bonchev–Trinajstić information content (AvgIpc) is 3.20. The number of carbonyl (C=O) groups excluding carboxylic acids is 1. The van der Waals surface area contributed by atoms with Crippen molar-refractivity contribution in [1.29, 1.82) is 0 Å². The Kier molecular flexibility index (Phi) is 4.53. The zero-order valence-corrected chi connectivity index (χ0v) is 10.7. The van der Waals surface area contributed by atoms with Gasteiger partial charge in [-0.05, 0) is 30.5 Å². The third-order valence-electron chi connectivity index (χ3n) is 3.05. The van der Waals surface area contributed by atoms with E-state index in [0.29, 0.717) is 19.1 Å². The molecule has 3 nitrogen and oxygen atoms in total. The molecule has 1 aliphatic carbocycles. The number of hydrogen-bond donors (Lipinski definition) is 1. The van der Waals surface area contributed by atoms with Crippen LogP contribution in [0, 0.1) is 18.2 Å². The molecule has 1 saturated carbocycles. The molecule has 19 heavy (non-hydrogen) atoms. The molecule has 1 fully saturated rings. The van der Waals surface area contributed by atoms with Gasteiger partial charge in [0.05, 0.1) is 13.1 Å². The minimum atomic E-state index is -0.272. The molecule has 1 aliphatic rings. The average molecular weight is 260 g/mol. The summed E-state index contributed by atoms with van der Waals surface area (Å²) >= 11 is 0. The number of nitrogens with zero attached hydrogens (tertiary/aromatic N) is 1. The zero-order chi connectivity index (χ0) is 13.7. The first-order valence-corrected chi connectivity index (χ1v) is 6.39. The fourth-order valence-corrected chi connectivity index (χ4v) is 1.98. The van der Waals surface area contributed by atoms with Gasteiger partial charge < -0.3 is 4.90 Å². The lowest BCUT2D eigenvalue weighted by molar-refractivity contribution is -0.131. The number of nitrogens with one attached hydrogen (secondary N) is 1. The van der Waals surface area contributed by atoms with Crippen LogP contribution in [0.3, 0.4) is 0 Å². The van der Waals surface area contributed by atoms with Gasteiger partial charge in [0.1, 0.15) is 5.82 Å². The SMILES string of the molecule is C#CCNCC(=O)N(Cc1cccc(F)c1)C1CC1. The Morgan fingerprint density at radius 2 is 2.32 bits per heavy atom. The molecule has 0 bridgehead atoms. The van der Waals surface area contributed by atoms with Crippen molar-refractivity contribution in [2.75, 3.05) is 13.1 Å². The van der Waals surface area contributed by atoms with Crippen LogP contribution in [0.2, 0.25) is 0 Å². The molecule has 0 saturated heterocycles. The first kappa shape index (κ1) is 13.6. The normalized spacial score (nSPS) is 13.9. The maximum atomic E-state index is 13.1. The van der Waals surface area contributed by atoms with Gasteiger partial charge in [0.25, 0.3) is 0 Å². The van der Waals surface area contributed by atoms with Crippen molar-refractivity contribution >= 4 is 5.91 Å². The minimum absolute atomic E-state index is 0.0158. The van der Waals surface area contributed by atoms with Crippen LogP contribution in [0.15, 0.2) is 24.3 Å². The van der Waals surface area contributed by atoms with Crippen molar-refractivity contribution < 1.29 is 9.18 Å². The van der Waals surface area contributed by atoms with Crippen molar-refractivity contribution in [2.45, 2.75) is 25.4 Å². The molecule has 0 aliphatic heterocycles. The van der Waals surface area contributed by atoms with Crippen molar-refractivity contribution in [3.8, 4) is 12.3 Å².